The zero-order valence-corrected chi connectivity index (χ0v) is 8.75. The normalized spacial score (nSPS) is 9.50. The molecule has 0 unspecified atom stereocenters. The number of carbonyl (C=O) groups excluding carboxylic acids is 1. The van der Waals surface area contributed by atoms with Gasteiger partial charge in [0.05, 0.1) is 0 Å². The molecule has 0 fully saturated rings. The van der Waals surface area contributed by atoms with Crippen LogP contribution in [0.2, 0.25) is 5.82 Å². The quantitative estimate of drug-likeness (QED) is 0.568. The fraction of sp³-hybridized carbons (Fsp3) is 0.222. The molecule has 0 heterocycles. The monoisotopic (exact) mass is 230 g/mol. The average Bonchev–Trinajstić information content (AvgIpc) is 2.16. The molecule has 0 bridgehead atoms. The summed E-state index contributed by atoms with van der Waals surface area (Å²) in [5.74, 6) is 2.77. The molecule has 2 nitrogen and oxygen atoms in total. The van der Waals surface area contributed by atoms with E-state index in [2.05, 4.69) is 5.82 Å². The first-order chi connectivity index (χ1) is 5.81. The Morgan fingerprint density at radius 1 is 1.50 bits per heavy atom. The predicted molar refractivity (Wildman–Crippen MR) is 49.6 cm³/mol. The van der Waals surface area contributed by atoms with Crippen molar-refractivity contribution in [3.8, 4) is 5.75 Å². The first-order valence-electron chi connectivity index (χ1n) is 3.49. The number of benzene rings is 1. The van der Waals surface area contributed by atoms with E-state index in [-0.39, 0.29) is 0 Å². The summed E-state index contributed by atoms with van der Waals surface area (Å²) in [6.07, 6.45) is 0.827. The Labute approximate surface area is 78.1 Å². The molecule has 0 aliphatic rings. The Kier molecular flexibility index (Phi) is 3.32. The van der Waals surface area contributed by atoms with Crippen LogP contribution in [0.5, 0.6) is 5.75 Å². The molecule has 0 atom stereocenters. The van der Waals surface area contributed by atoms with Crippen LogP contribution in [0.25, 0.3) is 0 Å². The first kappa shape index (κ1) is 9.30. The van der Waals surface area contributed by atoms with E-state index in [1.165, 1.54) is 4.46 Å². The second-order valence-electron chi connectivity index (χ2n) is 2.23. The summed E-state index contributed by atoms with van der Waals surface area (Å²) in [6.45, 7) is 0. The molecule has 0 saturated carbocycles. The first-order valence-corrected chi connectivity index (χ1v) is 6.06. The van der Waals surface area contributed by atoms with Crippen molar-refractivity contribution in [1.29, 1.82) is 0 Å². The van der Waals surface area contributed by atoms with Crippen LogP contribution in [-0.4, -0.2) is 28.4 Å². The molecule has 0 aromatic heterocycles. The zero-order chi connectivity index (χ0) is 8.97. The Morgan fingerprint density at radius 2 is 2.25 bits per heavy atom. The van der Waals surface area contributed by atoms with E-state index >= 15 is 0 Å². The SMILES string of the molecule is COc1ccc([Se]C)cc1C=O. The summed E-state index contributed by atoms with van der Waals surface area (Å²) in [5, 5.41) is 0. The third kappa shape index (κ3) is 1.87. The second-order valence-corrected chi connectivity index (χ2v) is 4.07. The van der Waals surface area contributed by atoms with Gasteiger partial charge in [-0.05, 0) is 0 Å². The summed E-state index contributed by atoms with van der Waals surface area (Å²) >= 11 is 0.435. The summed E-state index contributed by atoms with van der Waals surface area (Å²) in [5.41, 5.74) is 0.638. The number of aldehydes is 1. The molecule has 1 aromatic rings. The zero-order valence-electron chi connectivity index (χ0n) is 7.03. The van der Waals surface area contributed by atoms with Gasteiger partial charge in [0.1, 0.15) is 0 Å². The molecule has 1 aromatic carbocycles. The van der Waals surface area contributed by atoms with Gasteiger partial charge in [0, 0.05) is 0 Å². The predicted octanol–water partition coefficient (Wildman–Crippen LogP) is 0.885. The fourth-order valence-electron chi connectivity index (χ4n) is 0.932. The third-order valence-corrected chi connectivity index (χ3v) is 3.09. The third-order valence-electron chi connectivity index (χ3n) is 1.56. The summed E-state index contributed by atoms with van der Waals surface area (Å²) < 4.78 is 6.22. The number of rotatable bonds is 3. The number of methoxy groups -OCH3 is 1. The molecule has 0 aliphatic carbocycles. The topological polar surface area (TPSA) is 26.3 Å². The van der Waals surface area contributed by atoms with Crippen molar-refractivity contribution in [3.05, 3.63) is 23.8 Å². The van der Waals surface area contributed by atoms with E-state index in [1.54, 1.807) is 7.11 Å². The Hall–Kier alpha value is -0.791. The Balaban J connectivity index is 3.10. The molecular formula is C9H10O2Se. The van der Waals surface area contributed by atoms with Gasteiger partial charge in [-0.15, -0.1) is 0 Å². The molecule has 12 heavy (non-hydrogen) atoms. The standard InChI is InChI=1S/C9H10O2Se/c1-11-9-4-3-8(12-2)5-7(9)6-10/h3-6H,1-2H3. The van der Waals surface area contributed by atoms with E-state index in [4.69, 9.17) is 4.74 Å². The van der Waals surface area contributed by atoms with Crippen LogP contribution in [0.3, 0.4) is 0 Å². The minimum absolute atomic E-state index is 0.435. The van der Waals surface area contributed by atoms with Gasteiger partial charge in [-0.3, -0.25) is 0 Å². The van der Waals surface area contributed by atoms with Crippen molar-refractivity contribution in [1.82, 2.24) is 0 Å². The van der Waals surface area contributed by atoms with Gasteiger partial charge in [-0.1, -0.05) is 0 Å². The maximum atomic E-state index is 10.6. The number of hydrogen-bond acceptors (Lipinski definition) is 2. The van der Waals surface area contributed by atoms with Gasteiger partial charge in [0.15, 0.2) is 0 Å². The summed E-state index contributed by atoms with van der Waals surface area (Å²) in [7, 11) is 1.57. The van der Waals surface area contributed by atoms with Crippen LogP contribution in [0.4, 0.5) is 0 Å². The van der Waals surface area contributed by atoms with E-state index in [9.17, 15) is 4.79 Å². The summed E-state index contributed by atoms with van der Waals surface area (Å²) in [6, 6.07) is 5.71. The van der Waals surface area contributed by atoms with E-state index in [0.717, 1.165) is 6.29 Å². The Morgan fingerprint density at radius 3 is 2.75 bits per heavy atom. The van der Waals surface area contributed by atoms with E-state index in [1.807, 2.05) is 18.2 Å². The van der Waals surface area contributed by atoms with Crippen LogP contribution >= 0.6 is 0 Å². The van der Waals surface area contributed by atoms with Crippen molar-refractivity contribution >= 4 is 25.7 Å². The molecule has 3 heteroatoms. The van der Waals surface area contributed by atoms with Crippen molar-refractivity contribution in [2.45, 2.75) is 5.82 Å². The fourth-order valence-corrected chi connectivity index (χ4v) is 1.87. The molecule has 64 valence electrons. The maximum absolute atomic E-state index is 10.6. The summed E-state index contributed by atoms with van der Waals surface area (Å²) in [4.78, 5) is 10.6. The van der Waals surface area contributed by atoms with E-state index in [0.29, 0.717) is 26.3 Å². The van der Waals surface area contributed by atoms with Gasteiger partial charge in [-0.2, -0.15) is 0 Å². The van der Waals surface area contributed by atoms with Crippen molar-refractivity contribution in [3.63, 3.8) is 0 Å². The molecule has 0 amide bonds. The van der Waals surface area contributed by atoms with Crippen LogP contribution in [0.15, 0.2) is 18.2 Å². The van der Waals surface area contributed by atoms with Crippen LogP contribution in [0.1, 0.15) is 10.4 Å². The van der Waals surface area contributed by atoms with Crippen LogP contribution in [0, 0.1) is 0 Å². The van der Waals surface area contributed by atoms with Crippen molar-refractivity contribution < 1.29 is 9.53 Å². The molecular weight excluding hydrogens is 219 g/mol. The number of carbonyl (C=O) groups is 1. The van der Waals surface area contributed by atoms with Crippen LogP contribution < -0.4 is 9.20 Å². The van der Waals surface area contributed by atoms with Gasteiger partial charge >= 0.3 is 77.7 Å². The van der Waals surface area contributed by atoms with Gasteiger partial charge in [-0.25, -0.2) is 0 Å². The van der Waals surface area contributed by atoms with Crippen molar-refractivity contribution in [2.75, 3.05) is 7.11 Å². The minimum atomic E-state index is 0.435. The molecule has 0 saturated heterocycles. The second kappa shape index (κ2) is 4.29. The van der Waals surface area contributed by atoms with Gasteiger partial charge in [0.25, 0.3) is 0 Å². The van der Waals surface area contributed by atoms with Crippen LogP contribution in [-0.2, 0) is 0 Å². The van der Waals surface area contributed by atoms with Gasteiger partial charge < -0.3 is 0 Å². The number of hydrogen-bond donors (Lipinski definition) is 0. The molecule has 1 rings (SSSR count). The van der Waals surface area contributed by atoms with Gasteiger partial charge in [0.2, 0.25) is 0 Å². The molecule has 0 radical (unpaired) electrons. The number of ether oxygens (including phenoxy) is 1. The molecule has 0 spiro atoms. The molecule has 0 N–H and O–H groups in total. The van der Waals surface area contributed by atoms with E-state index < -0.39 is 0 Å². The van der Waals surface area contributed by atoms with Crippen molar-refractivity contribution in [2.24, 2.45) is 0 Å². The molecule has 0 aliphatic heterocycles. The average molecular weight is 229 g/mol. The Bertz CT molecular complexity index is 284.